The fraction of sp³-hybridized carbons (Fsp3) is 0.227. The van der Waals surface area contributed by atoms with Gasteiger partial charge in [-0.05, 0) is 54.8 Å². The van der Waals surface area contributed by atoms with Gasteiger partial charge in [-0.25, -0.2) is 4.79 Å². The molecule has 2 aromatic carbocycles. The largest absolute Gasteiger partial charge is 0.425 e. The van der Waals surface area contributed by atoms with Gasteiger partial charge in [0.25, 0.3) is 5.56 Å². The first-order chi connectivity index (χ1) is 14.3. The number of hydrogen-bond acceptors (Lipinski definition) is 4. The third-order valence-electron chi connectivity index (χ3n) is 5.25. The lowest BCUT2D eigenvalue weighted by Crippen LogP contribution is -2.37. The van der Waals surface area contributed by atoms with Gasteiger partial charge < -0.3 is 4.74 Å². The molecule has 7 nitrogen and oxygen atoms in total. The van der Waals surface area contributed by atoms with E-state index in [0.29, 0.717) is 22.8 Å². The molecule has 0 N–H and O–H groups in total. The normalized spacial score (nSPS) is 11.2. The molecule has 4 rings (SSSR count). The molecular formula is C22H21ClN4O3. The zero-order chi connectivity index (χ0) is 21.6. The van der Waals surface area contributed by atoms with Crippen LogP contribution in [0.15, 0.2) is 52.1 Å². The monoisotopic (exact) mass is 424 g/mol. The second-order valence-corrected chi connectivity index (χ2v) is 7.77. The number of nitrogens with zero attached hydrogens (tertiary/aromatic N) is 4. The summed E-state index contributed by atoms with van der Waals surface area (Å²) in [6.45, 7) is 4.36. The number of imidazole rings is 1. The highest BCUT2D eigenvalue weighted by atomic mass is 35.5. The van der Waals surface area contributed by atoms with Gasteiger partial charge in [0.2, 0.25) is 0 Å². The molecule has 0 amide bonds. The van der Waals surface area contributed by atoms with E-state index in [0.717, 1.165) is 21.3 Å². The average molecular weight is 425 g/mol. The Hall–Kier alpha value is -3.32. The third-order valence-corrected chi connectivity index (χ3v) is 5.51. The Morgan fingerprint density at radius 3 is 2.33 bits per heavy atom. The summed E-state index contributed by atoms with van der Waals surface area (Å²) in [5, 5.41) is 0.624. The first-order valence-electron chi connectivity index (χ1n) is 9.42. The Labute approximate surface area is 177 Å². The highest BCUT2D eigenvalue weighted by Crippen LogP contribution is 2.26. The number of rotatable bonds is 4. The number of ether oxygens (including phenoxy) is 1. The molecule has 0 spiro atoms. The SMILES string of the molecule is Cc1ccc(Oc2nc3c(c(=O)n(C)c(=O)n3C)n2Cc2ccc(Cl)cc2)cc1C. The van der Waals surface area contributed by atoms with Crippen LogP contribution in [0.2, 0.25) is 5.02 Å². The van der Waals surface area contributed by atoms with E-state index >= 15 is 0 Å². The number of halogens is 1. The molecule has 0 radical (unpaired) electrons. The maximum atomic E-state index is 12.9. The molecule has 2 heterocycles. The Balaban J connectivity index is 1.93. The number of aryl methyl sites for hydroxylation is 3. The van der Waals surface area contributed by atoms with Crippen LogP contribution in [0.25, 0.3) is 11.2 Å². The van der Waals surface area contributed by atoms with Crippen LogP contribution in [0, 0.1) is 13.8 Å². The van der Waals surface area contributed by atoms with Crippen molar-refractivity contribution in [3.63, 3.8) is 0 Å². The lowest BCUT2D eigenvalue weighted by atomic mass is 10.1. The van der Waals surface area contributed by atoms with E-state index in [-0.39, 0.29) is 11.7 Å². The molecule has 0 saturated carbocycles. The van der Waals surface area contributed by atoms with Crippen LogP contribution < -0.4 is 16.0 Å². The fourth-order valence-corrected chi connectivity index (χ4v) is 3.43. The number of benzene rings is 2. The first-order valence-corrected chi connectivity index (χ1v) is 9.80. The second kappa shape index (κ2) is 7.50. The van der Waals surface area contributed by atoms with E-state index in [1.807, 2.05) is 44.2 Å². The van der Waals surface area contributed by atoms with Crippen LogP contribution in [0.4, 0.5) is 0 Å². The molecule has 0 aliphatic rings. The zero-order valence-electron chi connectivity index (χ0n) is 17.1. The van der Waals surface area contributed by atoms with Gasteiger partial charge in [0, 0.05) is 19.1 Å². The number of aromatic nitrogens is 4. The van der Waals surface area contributed by atoms with Gasteiger partial charge in [-0.3, -0.25) is 18.5 Å². The molecule has 154 valence electrons. The van der Waals surface area contributed by atoms with E-state index in [2.05, 4.69) is 4.98 Å². The van der Waals surface area contributed by atoms with Crippen molar-refractivity contribution in [1.82, 2.24) is 18.7 Å². The highest BCUT2D eigenvalue weighted by molar-refractivity contribution is 6.30. The van der Waals surface area contributed by atoms with E-state index in [4.69, 9.17) is 16.3 Å². The summed E-state index contributed by atoms with van der Waals surface area (Å²) in [6, 6.07) is 13.3. The van der Waals surface area contributed by atoms with Crippen LogP contribution in [-0.4, -0.2) is 18.7 Å². The summed E-state index contributed by atoms with van der Waals surface area (Å²) in [5.41, 5.74) is 2.85. The van der Waals surface area contributed by atoms with E-state index in [1.165, 1.54) is 11.6 Å². The molecule has 0 atom stereocenters. The van der Waals surface area contributed by atoms with E-state index < -0.39 is 11.2 Å². The predicted molar refractivity (Wildman–Crippen MR) is 117 cm³/mol. The van der Waals surface area contributed by atoms with Crippen molar-refractivity contribution in [2.24, 2.45) is 14.1 Å². The molecule has 0 aliphatic carbocycles. The smallest absolute Gasteiger partial charge is 0.332 e. The van der Waals surface area contributed by atoms with Gasteiger partial charge in [-0.15, -0.1) is 0 Å². The standard InChI is InChI=1S/C22H21ClN4O3/c1-13-5-10-17(11-14(13)2)30-21-24-19-18(20(28)26(4)22(29)25(19)3)27(21)12-15-6-8-16(23)9-7-15/h5-11H,12H2,1-4H3. The quantitative estimate of drug-likeness (QED) is 0.502. The first kappa shape index (κ1) is 20.0. The molecular weight excluding hydrogens is 404 g/mol. The molecule has 4 aromatic rings. The van der Waals surface area contributed by atoms with E-state index in [1.54, 1.807) is 23.7 Å². The lowest BCUT2D eigenvalue weighted by Gasteiger charge is -2.11. The number of hydrogen-bond donors (Lipinski definition) is 0. The molecule has 0 saturated heterocycles. The lowest BCUT2D eigenvalue weighted by molar-refractivity contribution is 0.420. The summed E-state index contributed by atoms with van der Waals surface area (Å²) >= 11 is 6.00. The Kier molecular flexibility index (Phi) is 4.99. The summed E-state index contributed by atoms with van der Waals surface area (Å²) in [7, 11) is 3.04. The average Bonchev–Trinajstić information content (AvgIpc) is 3.07. The van der Waals surface area contributed by atoms with Gasteiger partial charge in [0.15, 0.2) is 11.2 Å². The molecule has 0 fully saturated rings. The zero-order valence-corrected chi connectivity index (χ0v) is 17.9. The summed E-state index contributed by atoms with van der Waals surface area (Å²) in [4.78, 5) is 29.8. The summed E-state index contributed by atoms with van der Waals surface area (Å²) in [5.74, 6) is 0.604. The van der Waals surface area contributed by atoms with Crippen molar-refractivity contribution in [3.8, 4) is 11.8 Å². The molecule has 8 heteroatoms. The maximum absolute atomic E-state index is 12.9. The van der Waals surface area contributed by atoms with Crippen LogP contribution in [-0.2, 0) is 20.6 Å². The number of fused-ring (bicyclic) bond motifs is 1. The van der Waals surface area contributed by atoms with Crippen LogP contribution in [0.3, 0.4) is 0 Å². The van der Waals surface area contributed by atoms with Gasteiger partial charge >= 0.3 is 11.7 Å². The van der Waals surface area contributed by atoms with Crippen LogP contribution >= 0.6 is 11.6 Å². The van der Waals surface area contributed by atoms with Crippen LogP contribution in [0.5, 0.6) is 11.8 Å². The predicted octanol–water partition coefficient (Wildman–Crippen LogP) is 3.54. The summed E-state index contributed by atoms with van der Waals surface area (Å²) < 4.78 is 10.2. The highest BCUT2D eigenvalue weighted by Gasteiger charge is 2.21. The van der Waals surface area contributed by atoms with Crippen molar-refractivity contribution in [1.29, 1.82) is 0 Å². The summed E-state index contributed by atoms with van der Waals surface area (Å²) in [6.07, 6.45) is 0. The fourth-order valence-electron chi connectivity index (χ4n) is 3.31. The minimum Gasteiger partial charge on any atom is -0.425 e. The molecule has 2 aromatic heterocycles. The molecule has 0 aliphatic heterocycles. The van der Waals surface area contributed by atoms with Crippen molar-refractivity contribution in [2.45, 2.75) is 20.4 Å². The minimum atomic E-state index is -0.443. The van der Waals surface area contributed by atoms with E-state index in [9.17, 15) is 9.59 Å². The Bertz CT molecular complexity index is 1380. The maximum Gasteiger partial charge on any atom is 0.332 e. The Morgan fingerprint density at radius 1 is 0.967 bits per heavy atom. The van der Waals surface area contributed by atoms with Crippen LogP contribution in [0.1, 0.15) is 16.7 Å². The van der Waals surface area contributed by atoms with Crippen molar-refractivity contribution in [2.75, 3.05) is 0 Å². The second-order valence-electron chi connectivity index (χ2n) is 7.33. The van der Waals surface area contributed by atoms with Gasteiger partial charge in [0.1, 0.15) is 5.75 Å². The van der Waals surface area contributed by atoms with Crippen molar-refractivity contribution < 1.29 is 4.74 Å². The van der Waals surface area contributed by atoms with Gasteiger partial charge in [0.05, 0.1) is 6.54 Å². The minimum absolute atomic E-state index is 0.238. The van der Waals surface area contributed by atoms with Gasteiger partial charge in [-0.1, -0.05) is 29.8 Å². The van der Waals surface area contributed by atoms with Gasteiger partial charge in [-0.2, -0.15) is 4.98 Å². The molecule has 0 bridgehead atoms. The Morgan fingerprint density at radius 2 is 1.67 bits per heavy atom. The van der Waals surface area contributed by atoms with Crippen molar-refractivity contribution >= 4 is 22.8 Å². The molecule has 30 heavy (non-hydrogen) atoms. The topological polar surface area (TPSA) is 71.1 Å². The third kappa shape index (κ3) is 3.41. The molecule has 0 unspecified atom stereocenters. The van der Waals surface area contributed by atoms with Crippen molar-refractivity contribution in [3.05, 3.63) is 85.0 Å².